The van der Waals surface area contributed by atoms with E-state index in [0.717, 1.165) is 36.6 Å². The predicted octanol–water partition coefficient (Wildman–Crippen LogP) is 3.54. The number of aromatic nitrogens is 2. The molecular formula is C18H23N3O. The zero-order valence-electron chi connectivity index (χ0n) is 13.1. The van der Waals surface area contributed by atoms with Crippen molar-refractivity contribution in [2.45, 2.75) is 31.8 Å². The van der Waals surface area contributed by atoms with Crippen molar-refractivity contribution in [3.05, 3.63) is 42.5 Å². The molecule has 4 nitrogen and oxygen atoms in total. The van der Waals surface area contributed by atoms with Crippen LogP contribution in [0.5, 0.6) is 0 Å². The maximum Gasteiger partial charge on any atom is 0.151 e. The molecule has 1 aromatic heterocycles. The average molecular weight is 297 g/mol. The second kappa shape index (κ2) is 7.36. The lowest BCUT2D eigenvalue weighted by atomic mass is 10.1. The molecular weight excluding hydrogens is 274 g/mol. The number of rotatable bonds is 5. The highest BCUT2D eigenvalue weighted by molar-refractivity contribution is 5.59. The van der Waals surface area contributed by atoms with Gasteiger partial charge in [0.1, 0.15) is 0 Å². The molecule has 22 heavy (non-hydrogen) atoms. The number of nitrogens with zero attached hydrogens (tertiary/aromatic N) is 3. The van der Waals surface area contributed by atoms with Gasteiger partial charge in [0.05, 0.1) is 11.8 Å². The van der Waals surface area contributed by atoms with Crippen molar-refractivity contribution in [3.63, 3.8) is 0 Å². The van der Waals surface area contributed by atoms with E-state index in [1.807, 2.05) is 42.5 Å². The van der Waals surface area contributed by atoms with Crippen LogP contribution in [-0.2, 0) is 4.74 Å². The van der Waals surface area contributed by atoms with Gasteiger partial charge in [0.15, 0.2) is 5.82 Å². The van der Waals surface area contributed by atoms with E-state index >= 15 is 0 Å². The van der Waals surface area contributed by atoms with Crippen LogP contribution < -0.4 is 4.90 Å². The Morgan fingerprint density at radius 1 is 1.09 bits per heavy atom. The van der Waals surface area contributed by atoms with E-state index in [4.69, 9.17) is 4.74 Å². The van der Waals surface area contributed by atoms with E-state index in [2.05, 4.69) is 22.1 Å². The monoisotopic (exact) mass is 297 g/mol. The first kappa shape index (κ1) is 15.0. The fourth-order valence-corrected chi connectivity index (χ4v) is 2.78. The lowest BCUT2D eigenvalue weighted by Gasteiger charge is -2.25. The molecule has 1 unspecified atom stereocenters. The van der Waals surface area contributed by atoms with Crippen molar-refractivity contribution >= 4 is 5.82 Å². The van der Waals surface area contributed by atoms with E-state index in [0.29, 0.717) is 6.10 Å². The third-order valence-corrected chi connectivity index (χ3v) is 4.17. The van der Waals surface area contributed by atoms with Crippen molar-refractivity contribution in [2.75, 3.05) is 25.1 Å². The zero-order chi connectivity index (χ0) is 15.2. The summed E-state index contributed by atoms with van der Waals surface area (Å²) < 4.78 is 5.78. The van der Waals surface area contributed by atoms with Crippen LogP contribution in [0.2, 0.25) is 0 Å². The van der Waals surface area contributed by atoms with Crippen LogP contribution in [0.25, 0.3) is 11.3 Å². The van der Waals surface area contributed by atoms with Crippen LogP contribution in [-0.4, -0.2) is 36.5 Å². The van der Waals surface area contributed by atoms with Gasteiger partial charge in [-0.25, -0.2) is 0 Å². The van der Waals surface area contributed by atoms with Gasteiger partial charge in [-0.2, -0.15) is 0 Å². The molecule has 0 spiro atoms. The molecule has 1 aliphatic rings. The predicted molar refractivity (Wildman–Crippen MR) is 88.9 cm³/mol. The Hall–Kier alpha value is -1.94. The highest BCUT2D eigenvalue weighted by Gasteiger charge is 2.15. The van der Waals surface area contributed by atoms with E-state index in [9.17, 15) is 0 Å². The maximum absolute atomic E-state index is 5.78. The van der Waals surface area contributed by atoms with Gasteiger partial charge in [0, 0.05) is 25.8 Å². The maximum atomic E-state index is 5.78. The average Bonchev–Trinajstić information content (AvgIpc) is 2.61. The number of benzene rings is 1. The number of hydrogen-bond acceptors (Lipinski definition) is 4. The lowest BCUT2D eigenvalue weighted by Crippen LogP contribution is -2.27. The van der Waals surface area contributed by atoms with Crippen LogP contribution in [0, 0.1) is 0 Å². The molecule has 4 heteroatoms. The third-order valence-electron chi connectivity index (χ3n) is 4.17. The Balaban J connectivity index is 1.57. The van der Waals surface area contributed by atoms with Crippen molar-refractivity contribution in [3.8, 4) is 11.3 Å². The van der Waals surface area contributed by atoms with Gasteiger partial charge in [-0.3, -0.25) is 0 Å². The second-order valence-corrected chi connectivity index (χ2v) is 5.84. The first-order chi connectivity index (χ1) is 10.8. The molecule has 2 aromatic rings. The van der Waals surface area contributed by atoms with E-state index in [-0.39, 0.29) is 0 Å². The Kier molecular flexibility index (Phi) is 5.01. The first-order valence-corrected chi connectivity index (χ1v) is 8.05. The van der Waals surface area contributed by atoms with Gasteiger partial charge < -0.3 is 9.64 Å². The summed E-state index contributed by atoms with van der Waals surface area (Å²) in [4.78, 5) is 2.15. The summed E-state index contributed by atoms with van der Waals surface area (Å²) in [5.74, 6) is 0.912. The molecule has 116 valence electrons. The standard InChI is InChI=1S/C18H23N3O/c1-21(13-12-16-9-5-6-14-22-16)18-11-10-17(19-20-18)15-7-3-2-4-8-15/h2-4,7-8,10-11,16H,5-6,9,12-14H2,1H3. The molecule has 2 heterocycles. The van der Waals surface area contributed by atoms with Crippen molar-refractivity contribution in [2.24, 2.45) is 0 Å². The van der Waals surface area contributed by atoms with Crippen LogP contribution in [0.15, 0.2) is 42.5 Å². The minimum Gasteiger partial charge on any atom is -0.378 e. The molecule has 0 bridgehead atoms. The Morgan fingerprint density at radius 3 is 2.64 bits per heavy atom. The van der Waals surface area contributed by atoms with Crippen LogP contribution in [0.1, 0.15) is 25.7 Å². The van der Waals surface area contributed by atoms with Gasteiger partial charge in [-0.1, -0.05) is 30.3 Å². The fraction of sp³-hybridized carbons (Fsp3) is 0.444. The lowest BCUT2D eigenvalue weighted by molar-refractivity contribution is 0.0126. The molecule has 0 saturated carbocycles. The van der Waals surface area contributed by atoms with Crippen molar-refractivity contribution in [1.82, 2.24) is 10.2 Å². The molecule has 1 saturated heterocycles. The molecule has 3 rings (SSSR count). The SMILES string of the molecule is CN(CCC1CCCCO1)c1ccc(-c2ccccc2)nn1. The molecule has 1 fully saturated rings. The first-order valence-electron chi connectivity index (χ1n) is 8.05. The minimum absolute atomic E-state index is 0.410. The van der Waals surface area contributed by atoms with Crippen LogP contribution in [0.3, 0.4) is 0 Å². The summed E-state index contributed by atoms with van der Waals surface area (Å²) in [5, 5.41) is 8.70. The Bertz CT molecular complexity index is 565. The Morgan fingerprint density at radius 2 is 1.95 bits per heavy atom. The highest BCUT2D eigenvalue weighted by Crippen LogP contribution is 2.19. The molecule has 1 aliphatic heterocycles. The third kappa shape index (κ3) is 3.83. The number of ether oxygens (including phenoxy) is 1. The largest absolute Gasteiger partial charge is 0.378 e. The normalized spacial score (nSPS) is 18.1. The summed E-state index contributed by atoms with van der Waals surface area (Å²) in [7, 11) is 2.06. The van der Waals surface area contributed by atoms with E-state index < -0.39 is 0 Å². The van der Waals surface area contributed by atoms with Gasteiger partial charge in [-0.05, 0) is 37.8 Å². The van der Waals surface area contributed by atoms with E-state index in [1.165, 1.54) is 19.3 Å². The Labute approximate surface area is 132 Å². The summed E-state index contributed by atoms with van der Waals surface area (Å²) in [6.45, 7) is 1.87. The molecule has 0 radical (unpaired) electrons. The summed E-state index contributed by atoms with van der Waals surface area (Å²) in [5.41, 5.74) is 2.01. The quantitative estimate of drug-likeness (QED) is 0.846. The van der Waals surface area contributed by atoms with Crippen molar-refractivity contribution in [1.29, 1.82) is 0 Å². The fourth-order valence-electron chi connectivity index (χ4n) is 2.78. The van der Waals surface area contributed by atoms with E-state index in [1.54, 1.807) is 0 Å². The van der Waals surface area contributed by atoms with Gasteiger partial charge in [-0.15, -0.1) is 10.2 Å². The molecule has 1 atom stereocenters. The second-order valence-electron chi connectivity index (χ2n) is 5.84. The van der Waals surface area contributed by atoms with Gasteiger partial charge in [0.2, 0.25) is 0 Å². The minimum atomic E-state index is 0.410. The van der Waals surface area contributed by atoms with Gasteiger partial charge >= 0.3 is 0 Å². The van der Waals surface area contributed by atoms with Crippen LogP contribution >= 0.6 is 0 Å². The molecule has 0 N–H and O–H groups in total. The summed E-state index contributed by atoms with van der Waals surface area (Å²) in [6.07, 6.45) is 5.15. The zero-order valence-corrected chi connectivity index (χ0v) is 13.1. The molecule has 0 aliphatic carbocycles. The van der Waals surface area contributed by atoms with Crippen molar-refractivity contribution < 1.29 is 4.74 Å². The summed E-state index contributed by atoms with van der Waals surface area (Å²) in [6, 6.07) is 14.2. The molecule has 1 aromatic carbocycles. The van der Waals surface area contributed by atoms with Crippen LogP contribution in [0.4, 0.5) is 5.82 Å². The number of anilines is 1. The molecule has 0 amide bonds. The summed E-state index contributed by atoms with van der Waals surface area (Å²) >= 11 is 0. The topological polar surface area (TPSA) is 38.2 Å². The highest BCUT2D eigenvalue weighted by atomic mass is 16.5. The van der Waals surface area contributed by atoms with Gasteiger partial charge in [0.25, 0.3) is 0 Å². The smallest absolute Gasteiger partial charge is 0.151 e. The number of hydrogen-bond donors (Lipinski definition) is 0.